The largest absolute Gasteiger partial charge is 0.356 e. The quantitative estimate of drug-likeness (QED) is 0.713. The minimum atomic E-state index is 0.613. The van der Waals surface area contributed by atoms with Gasteiger partial charge in [-0.3, -0.25) is 0 Å². The summed E-state index contributed by atoms with van der Waals surface area (Å²) in [6, 6.07) is 4.09. The number of fused-ring (bicyclic) bond motifs is 1. The van der Waals surface area contributed by atoms with Crippen molar-refractivity contribution in [3.8, 4) is 5.82 Å². The lowest BCUT2D eigenvalue weighted by Gasteiger charge is -2.18. The predicted octanol–water partition coefficient (Wildman–Crippen LogP) is 1.53. The van der Waals surface area contributed by atoms with Crippen LogP contribution in [0, 0.1) is 13.8 Å². The summed E-state index contributed by atoms with van der Waals surface area (Å²) in [5.41, 5.74) is 2.05. The van der Waals surface area contributed by atoms with Crippen molar-refractivity contribution in [1.29, 1.82) is 0 Å². The highest BCUT2D eigenvalue weighted by Gasteiger charge is 2.19. The highest BCUT2D eigenvalue weighted by Crippen LogP contribution is 2.23. The first kappa shape index (κ1) is 12.3. The van der Waals surface area contributed by atoms with E-state index in [1.807, 2.05) is 30.7 Å². The zero-order valence-corrected chi connectivity index (χ0v) is 12.2. The van der Waals surface area contributed by atoms with Gasteiger partial charge in [-0.15, -0.1) is 0 Å². The summed E-state index contributed by atoms with van der Waals surface area (Å²) in [4.78, 5) is 11.2. The molecule has 0 N–H and O–H groups in total. The molecule has 21 heavy (non-hydrogen) atoms. The maximum Gasteiger partial charge on any atom is 0.256 e. The Morgan fingerprint density at radius 3 is 2.62 bits per heavy atom. The van der Waals surface area contributed by atoms with Crippen molar-refractivity contribution in [3.63, 3.8) is 0 Å². The van der Waals surface area contributed by atoms with E-state index in [1.165, 1.54) is 12.8 Å². The predicted molar refractivity (Wildman–Crippen MR) is 78.8 cm³/mol. The van der Waals surface area contributed by atoms with Crippen LogP contribution in [0.2, 0.25) is 0 Å². The van der Waals surface area contributed by atoms with Crippen LogP contribution < -0.4 is 4.90 Å². The molecule has 0 unspecified atom stereocenters. The Morgan fingerprint density at radius 1 is 1.10 bits per heavy atom. The summed E-state index contributed by atoms with van der Waals surface area (Å²) in [6.07, 6.45) is 3.98. The van der Waals surface area contributed by atoms with E-state index in [2.05, 4.69) is 25.1 Å². The Labute approximate surface area is 122 Å². The van der Waals surface area contributed by atoms with Gasteiger partial charge in [-0.1, -0.05) is 0 Å². The van der Waals surface area contributed by atoms with Crippen LogP contribution in [0.4, 0.5) is 5.82 Å². The van der Waals surface area contributed by atoms with Crippen LogP contribution in [-0.4, -0.2) is 42.5 Å². The van der Waals surface area contributed by atoms with Gasteiger partial charge in [0.05, 0.1) is 5.69 Å². The molecule has 1 fully saturated rings. The number of anilines is 1. The molecule has 0 aromatic carbocycles. The smallest absolute Gasteiger partial charge is 0.256 e. The molecule has 1 aliphatic rings. The van der Waals surface area contributed by atoms with E-state index >= 15 is 0 Å². The van der Waals surface area contributed by atoms with E-state index in [9.17, 15) is 0 Å². The molecular formula is C14H17N7. The van der Waals surface area contributed by atoms with E-state index in [0.717, 1.165) is 36.1 Å². The molecule has 7 heteroatoms. The molecule has 0 amide bonds. The van der Waals surface area contributed by atoms with Crippen LogP contribution >= 0.6 is 0 Å². The van der Waals surface area contributed by atoms with Crippen LogP contribution in [0.15, 0.2) is 18.5 Å². The lowest BCUT2D eigenvalue weighted by molar-refractivity contribution is 0.785. The Morgan fingerprint density at radius 2 is 1.90 bits per heavy atom. The summed E-state index contributed by atoms with van der Waals surface area (Å²) >= 11 is 0. The number of hydrogen-bond donors (Lipinski definition) is 0. The zero-order chi connectivity index (χ0) is 14.4. The van der Waals surface area contributed by atoms with Gasteiger partial charge in [0, 0.05) is 24.8 Å². The van der Waals surface area contributed by atoms with Crippen molar-refractivity contribution in [2.75, 3.05) is 18.0 Å². The molecule has 4 heterocycles. The van der Waals surface area contributed by atoms with E-state index < -0.39 is 0 Å². The summed E-state index contributed by atoms with van der Waals surface area (Å²) in [6.45, 7) is 6.12. The molecule has 0 bridgehead atoms. The molecular weight excluding hydrogens is 266 g/mol. The number of hydrogen-bond acceptors (Lipinski definition) is 5. The molecule has 0 spiro atoms. The third-order valence-electron chi connectivity index (χ3n) is 3.88. The Bertz CT molecular complexity index is 795. The molecule has 1 saturated heterocycles. The fourth-order valence-corrected chi connectivity index (χ4v) is 2.93. The molecule has 108 valence electrons. The molecule has 3 aromatic rings. The minimum Gasteiger partial charge on any atom is -0.356 e. The van der Waals surface area contributed by atoms with Crippen LogP contribution in [0.3, 0.4) is 0 Å². The normalized spacial score (nSPS) is 15.2. The second kappa shape index (κ2) is 4.54. The SMILES string of the molecule is Cc1cc(C)n(-c2cc(N3CCCC3)n3ncnc3n2)n1. The maximum atomic E-state index is 4.57. The summed E-state index contributed by atoms with van der Waals surface area (Å²) in [7, 11) is 0. The van der Waals surface area contributed by atoms with Crippen molar-refractivity contribution in [2.24, 2.45) is 0 Å². The van der Waals surface area contributed by atoms with Crippen molar-refractivity contribution in [1.82, 2.24) is 29.4 Å². The number of aryl methyl sites for hydroxylation is 2. The minimum absolute atomic E-state index is 0.613. The summed E-state index contributed by atoms with van der Waals surface area (Å²) in [5.74, 6) is 2.45. The molecule has 0 atom stereocenters. The Kier molecular flexibility index (Phi) is 2.66. The van der Waals surface area contributed by atoms with Gasteiger partial charge < -0.3 is 4.90 Å². The number of nitrogens with zero attached hydrogens (tertiary/aromatic N) is 7. The Hall–Kier alpha value is -2.44. The first-order chi connectivity index (χ1) is 10.2. The molecule has 4 rings (SSSR count). The number of aromatic nitrogens is 6. The first-order valence-corrected chi connectivity index (χ1v) is 7.22. The molecule has 0 aliphatic carbocycles. The van der Waals surface area contributed by atoms with Crippen LogP contribution in [-0.2, 0) is 0 Å². The highest BCUT2D eigenvalue weighted by atomic mass is 15.4. The first-order valence-electron chi connectivity index (χ1n) is 7.22. The van der Waals surface area contributed by atoms with Crippen LogP contribution in [0.5, 0.6) is 0 Å². The fraction of sp³-hybridized carbons (Fsp3) is 0.429. The molecule has 7 nitrogen and oxygen atoms in total. The van der Waals surface area contributed by atoms with Crippen molar-refractivity contribution in [3.05, 3.63) is 29.8 Å². The van der Waals surface area contributed by atoms with Crippen molar-refractivity contribution < 1.29 is 0 Å². The van der Waals surface area contributed by atoms with Gasteiger partial charge in [0.1, 0.15) is 12.1 Å². The van der Waals surface area contributed by atoms with Crippen molar-refractivity contribution in [2.45, 2.75) is 26.7 Å². The van der Waals surface area contributed by atoms with Gasteiger partial charge in [-0.05, 0) is 32.8 Å². The van der Waals surface area contributed by atoms with Crippen molar-refractivity contribution >= 4 is 11.6 Å². The second-order valence-corrected chi connectivity index (χ2v) is 5.48. The molecule has 1 aliphatic heterocycles. The highest BCUT2D eigenvalue weighted by molar-refractivity contribution is 5.52. The van der Waals surface area contributed by atoms with Gasteiger partial charge in [0.25, 0.3) is 5.78 Å². The molecule has 0 radical (unpaired) electrons. The van der Waals surface area contributed by atoms with Crippen LogP contribution in [0.1, 0.15) is 24.2 Å². The van der Waals surface area contributed by atoms with E-state index in [0.29, 0.717) is 5.78 Å². The fourth-order valence-electron chi connectivity index (χ4n) is 2.93. The van der Waals surface area contributed by atoms with E-state index in [1.54, 1.807) is 10.8 Å². The topological polar surface area (TPSA) is 64.1 Å². The molecule has 3 aromatic heterocycles. The average Bonchev–Trinajstić information content (AvgIpc) is 3.17. The Balaban J connectivity index is 1.92. The maximum absolute atomic E-state index is 4.57. The monoisotopic (exact) mass is 283 g/mol. The third-order valence-corrected chi connectivity index (χ3v) is 3.88. The zero-order valence-electron chi connectivity index (χ0n) is 12.2. The van der Waals surface area contributed by atoms with Gasteiger partial charge in [0.15, 0.2) is 5.82 Å². The van der Waals surface area contributed by atoms with Gasteiger partial charge >= 0.3 is 0 Å². The lowest BCUT2D eigenvalue weighted by Crippen LogP contribution is -2.22. The summed E-state index contributed by atoms with van der Waals surface area (Å²) in [5, 5.41) is 8.81. The second-order valence-electron chi connectivity index (χ2n) is 5.48. The van der Waals surface area contributed by atoms with Gasteiger partial charge in [-0.2, -0.15) is 24.7 Å². The van der Waals surface area contributed by atoms with Crippen LogP contribution in [0.25, 0.3) is 11.6 Å². The van der Waals surface area contributed by atoms with Gasteiger partial charge in [0.2, 0.25) is 0 Å². The van der Waals surface area contributed by atoms with E-state index in [-0.39, 0.29) is 0 Å². The lowest BCUT2D eigenvalue weighted by atomic mass is 10.4. The summed E-state index contributed by atoms with van der Waals surface area (Å²) < 4.78 is 3.67. The third kappa shape index (κ3) is 1.96. The van der Waals surface area contributed by atoms with Gasteiger partial charge in [-0.25, -0.2) is 4.68 Å². The number of rotatable bonds is 2. The standard InChI is InChI=1S/C14H17N7/c1-10-7-11(2)20(18-10)12-8-13(19-5-3-4-6-19)21-14(17-12)15-9-16-21/h7-9H,3-6H2,1-2H3. The molecule has 0 saturated carbocycles. The van der Waals surface area contributed by atoms with E-state index in [4.69, 9.17) is 0 Å². The average molecular weight is 283 g/mol.